The maximum absolute atomic E-state index is 12.6. The summed E-state index contributed by atoms with van der Waals surface area (Å²) < 4.78 is 37.7. The Morgan fingerprint density at radius 3 is 2.28 bits per heavy atom. The van der Waals surface area contributed by atoms with Crippen molar-refractivity contribution in [2.24, 2.45) is 0 Å². The molecule has 0 aromatic heterocycles. The van der Waals surface area contributed by atoms with E-state index in [1.807, 2.05) is 0 Å². The van der Waals surface area contributed by atoms with Crippen LogP contribution in [0.1, 0.15) is 26.3 Å². The van der Waals surface area contributed by atoms with Crippen molar-refractivity contribution in [2.45, 2.75) is 6.18 Å². The van der Waals surface area contributed by atoms with Crippen molar-refractivity contribution in [3.8, 4) is 0 Å². The summed E-state index contributed by atoms with van der Waals surface area (Å²) in [6, 6.07) is 0.558. The van der Waals surface area contributed by atoms with Gasteiger partial charge in [0.25, 0.3) is 10.9 Å². The highest BCUT2D eigenvalue weighted by molar-refractivity contribution is 6.68. The van der Waals surface area contributed by atoms with Crippen LogP contribution < -0.4 is 0 Å². The fraction of sp³-hybridized carbons (Fsp3) is 0.111. The summed E-state index contributed by atoms with van der Waals surface area (Å²) in [6.45, 7) is 0. The van der Waals surface area contributed by atoms with Crippen LogP contribution in [0.5, 0.6) is 0 Å². The zero-order chi connectivity index (χ0) is 14.1. The molecule has 0 fully saturated rings. The van der Waals surface area contributed by atoms with Crippen LogP contribution in [0.25, 0.3) is 0 Å². The van der Waals surface area contributed by atoms with E-state index in [0.717, 1.165) is 0 Å². The number of benzene rings is 1. The summed E-state index contributed by atoms with van der Waals surface area (Å²) in [7, 11) is 0. The molecular weight excluding hydrogens is 279 g/mol. The Morgan fingerprint density at radius 1 is 1.39 bits per heavy atom. The van der Waals surface area contributed by atoms with Gasteiger partial charge in [-0.25, -0.2) is 0 Å². The number of nitro groups is 1. The van der Waals surface area contributed by atoms with Crippen LogP contribution in [0.3, 0.4) is 0 Å². The Hall–Kier alpha value is -1.96. The van der Waals surface area contributed by atoms with Gasteiger partial charge in [-0.3, -0.25) is 19.7 Å². The second-order valence-electron chi connectivity index (χ2n) is 3.10. The monoisotopic (exact) mass is 281 g/mol. The molecule has 1 aromatic carbocycles. The van der Waals surface area contributed by atoms with Gasteiger partial charge >= 0.3 is 6.18 Å². The number of halogens is 4. The topological polar surface area (TPSA) is 77.3 Å². The Morgan fingerprint density at radius 2 is 1.94 bits per heavy atom. The first-order valence-corrected chi connectivity index (χ1v) is 4.61. The van der Waals surface area contributed by atoms with Crippen molar-refractivity contribution < 1.29 is 27.7 Å². The number of nitro benzene ring substituents is 1. The molecule has 1 rings (SSSR count). The highest BCUT2D eigenvalue weighted by Gasteiger charge is 2.37. The van der Waals surface area contributed by atoms with Gasteiger partial charge in [0.1, 0.15) is 0 Å². The van der Waals surface area contributed by atoms with Gasteiger partial charge in [-0.2, -0.15) is 13.2 Å². The van der Waals surface area contributed by atoms with Crippen LogP contribution in [-0.4, -0.2) is 16.5 Å². The third-order valence-corrected chi connectivity index (χ3v) is 2.21. The average Bonchev–Trinajstić information content (AvgIpc) is 2.25. The first-order valence-electron chi connectivity index (χ1n) is 4.23. The van der Waals surface area contributed by atoms with Crippen LogP contribution in [0.15, 0.2) is 12.1 Å². The van der Waals surface area contributed by atoms with E-state index >= 15 is 0 Å². The van der Waals surface area contributed by atoms with Crippen LogP contribution in [-0.2, 0) is 6.18 Å². The molecule has 0 N–H and O–H groups in total. The number of rotatable bonds is 3. The maximum atomic E-state index is 12.6. The maximum Gasteiger partial charge on any atom is 0.417 e. The first kappa shape index (κ1) is 14.1. The fourth-order valence-electron chi connectivity index (χ4n) is 1.25. The lowest BCUT2D eigenvalue weighted by atomic mass is 10.0. The van der Waals surface area contributed by atoms with E-state index in [-0.39, 0.29) is 12.4 Å². The number of hydrogen-bond donors (Lipinski definition) is 0. The standard InChI is InChI=1S/C9H3ClF3NO4/c10-8(16)5-2-7(14(17)18)4(3-15)1-6(5)9(11,12)13/h1-3H. The largest absolute Gasteiger partial charge is 0.417 e. The van der Waals surface area contributed by atoms with Gasteiger partial charge in [-0.1, -0.05) is 0 Å². The van der Waals surface area contributed by atoms with Crippen LogP contribution >= 0.6 is 11.6 Å². The average molecular weight is 282 g/mol. The van der Waals surface area contributed by atoms with Gasteiger partial charge in [-0.15, -0.1) is 0 Å². The summed E-state index contributed by atoms with van der Waals surface area (Å²) in [5.74, 6) is 0. The molecule has 0 radical (unpaired) electrons. The van der Waals surface area contributed by atoms with Crippen molar-refractivity contribution in [2.75, 3.05) is 0 Å². The lowest BCUT2D eigenvalue weighted by Crippen LogP contribution is -2.13. The lowest BCUT2D eigenvalue weighted by molar-refractivity contribution is -0.385. The van der Waals surface area contributed by atoms with E-state index in [1.165, 1.54) is 0 Å². The molecule has 1 aromatic rings. The molecule has 0 unspecified atom stereocenters. The molecule has 0 aliphatic rings. The summed E-state index contributed by atoms with van der Waals surface area (Å²) in [5.41, 5.74) is -4.26. The third-order valence-electron chi connectivity index (χ3n) is 2.01. The van der Waals surface area contributed by atoms with E-state index in [1.54, 1.807) is 0 Å². The second-order valence-corrected chi connectivity index (χ2v) is 3.45. The number of hydrogen-bond acceptors (Lipinski definition) is 4. The molecule has 96 valence electrons. The van der Waals surface area contributed by atoms with Crippen molar-refractivity contribution in [3.05, 3.63) is 38.9 Å². The smallest absolute Gasteiger partial charge is 0.298 e. The van der Waals surface area contributed by atoms with Crippen molar-refractivity contribution in [3.63, 3.8) is 0 Å². The van der Waals surface area contributed by atoms with Gasteiger partial charge in [0, 0.05) is 6.07 Å². The quantitative estimate of drug-likeness (QED) is 0.369. The van der Waals surface area contributed by atoms with Crippen LogP contribution in [0.4, 0.5) is 18.9 Å². The van der Waals surface area contributed by atoms with E-state index < -0.39 is 38.7 Å². The molecule has 9 heteroatoms. The Balaban J connectivity index is 3.68. The highest BCUT2D eigenvalue weighted by atomic mass is 35.5. The first-order chi connectivity index (χ1) is 8.18. The number of nitrogens with zero attached hydrogens (tertiary/aromatic N) is 1. The molecule has 0 saturated heterocycles. The number of alkyl halides is 3. The predicted molar refractivity (Wildman–Crippen MR) is 53.7 cm³/mol. The molecule has 0 bridgehead atoms. The molecule has 0 spiro atoms. The summed E-state index contributed by atoms with van der Waals surface area (Å²) in [6.07, 6.45) is -5.05. The van der Waals surface area contributed by atoms with E-state index in [4.69, 9.17) is 11.6 Å². The molecule has 0 atom stereocenters. The van der Waals surface area contributed by atoms with Gasteiger partial charge in [0.2, 0.25) is 0 Å². The summed E-state index contributed by atoms with van der Waals surface area (Å²) in [5, 5.41) is 9.03. The minimum Gasteiger partial charge on any atom is -0.298 e. The lowest BCUT2D eigenvalue weighted by Gasteiger charge is -2.10. The van der Waals surface area contributed by atoms with Crippen molar-refractivity contribution >= 4 is 28.8 Å². The van der Waals surface area contributed by atoms with E-state index in [9.17, 15) is 32.9 Å². The van der Waals surface area contributed by atoms with Crippen molar-refractivity contribution in [1.82, 2.24) is 0 Å². The molecule has 0 aliphatic carbocycles. The van der Waals surface area contributed by atoms with E-state index in [0.29, 0.717) is 6.07 Å². The third kappa shape index (κ3) is 2.65. The van der Waals surface area contributed by atoms with Gasteiger partial charge in [-0.05, 0) is 17.7 Å². The summed E-state index contributed by atoms with van der Waals surface area (Å²) in [4.78, 5) is 30.8. The minimum atomic E-state index is -4.95. The fourth-order valence-corrected chi connectivity index (χ4v) is 1.41. The Labute approximate surface area is 102 Å². The molecule has 18 heavy (non-hydrogen) atoms. The predicted octanol–water partition coefficient (Wildman–Crippen LogP) is 2.81. The van der Waals surface area contributed by atoms with Gasteiger partial charge in [0.15, 0.2) is 6.29 Å². The molecular formula is C9H3ClF3NO4. The minimum absolute atomic E-state index is 0.101. The molecule has 0 amide bonds. The normalized spacial score (nSPS) is 11.1. The number of carbonyl (C=O) groups excluding carboxylic acids is 2. The molecule has 0 aliphatic heterocycles. The molecule has 5 nitrogen and oxygen atoms in total. The molecule has 0 saturated carbocycles. The van der Waals surface area contributed by atoms with E-state index in [2.05, 4.69) is 0 Å². The van der Waals surface area contributed by atoms with Crippen molar-refractivity contribution in [1.29, 1.82) is 0 Å². The number of carbonyl (C=O) groups is 2. The van der Waals surface area contributed by atoms with Gasteiger partial charge in [0.05, 0.1) is 21.6 Å². The Bertz CT molecular complexity index is 541. The van der Waals surface area contributed by atoms with Gasteiger partial charge < -0.3 is 0 Å². The zero-order valence-corrected chi connectivity index (χ0v) is 9.08. The Kier molecular flexibility index (Phi) is 3.70. The van der Waals surface area contributed by atoms with Crippen LogP contribution in [0, 0.1) is 10.1 Å². The highest BCUT2D eigenvalue weighted by Crippen LogP contribution is 2.36. The molecule has 0 heterocycles. The summed E-state index contributed by atoms with van der Waals surface area (Å²) >= 11 is 4.94. The second kappa shape index (κ2) is 4.73. The van der Waals surface area contributed by atoms with Crippen LogP contribution in [0.2, 0.25) is 0 Å². The number of aldehydes is 1. The zero-order valence-electron chi connectivity index (χ0n) is 8.32. The SMILES string of the molecule is O=Cc1cc(C(F)(F)F)c(C(=O)Cl)cc1[N+](=O)[O-].